The third kappa shape index (κ3) is 2.77. The molecule has 0 saturated heterocycles. The maximum Gasteiger partial charge on any atom is 0.174 e. The number of ether oxygens (including phenoxy) is 1. The van der Waals surface area contributed by atoms with Crippen molar-refractivity contribution in [2.75, 3.05) is 6.61 Å². The number of nitrogens with two attached hydrogens (primary N) is 1. The third-order valence-electron chi connectivity index (χ3n) is 1.69. The summed E-state index contributed by atoms with van der Waals surface area (Å²) >= 11 is 0. The summed E-state index contributed by atoms with van der Waals surface area (Å²) in [5.74, 6) is 0.691. The van der Waals surface area contributed by atoms with Gasteiger partial charge in [-0.05, 0) is 24.6 Å². The summed E-state index contributed by atoms with van der Waals surface area (Å²) in [7, 11) is 0. The molecule has 3 nitrogen and oxygen atoms in total. The van der Waals surface area contributed by atoms with E-state index in [0.29, 0.717) is 5.75 Å². The van der Waals surface area contributed by atoms with Crippen LogP contribution in [0.25, 0.3) is 0 Å². The maximum atomic E-state index is 8.31. The molecule has 0 aliphatic heterocycles. The van der Waals surface area contributed by atoms with Crippen molar-refractivity contribution in [3.05, 3.63) is 29.8 Å². The van der Waals surface area contributed by atoms with Crippen LogP contribution in [0.15, 0.2) is 24.3 Å². The molecule has 0 aliphatic rings. The average molecular weight is 176 g/mol. The number of nitrogens with zero attached hydrogens (tertiary/aromatic N) is 1. The van der Waals surface area contributed by atoms with Gasteiger partial charge < -0.3 is 10.5 Å². The highest BCUT2D eigenvalue weighted by Crippen LogP contribution is 2.17. The van der Waals surface area contributed by atoms with Gasteiger partial charge in [-0.1, -0.05) is 12.1 Å². The second kappa shape index (κ2) is 4.48. The summed E-state index contributed by atoms with van der Waals surface area (Å²) in [5, 5.41) is 8.31. The predicted octanol–water partition coefficient (Wildman–Crippen LogP) is 1.61. The van der Waals surface area contributed by atoms with E-state index in [1.807, 2.05) is 37.3 Å². The fraction of sp³-hybridized carbons (Fsp3) is 0.300. The Morgan fingerprint density at radius 2 is 2.38 bits per heavy atom. The van der Waals surface area contributed by atoms with Crippen molar-refractivity contribution in [3.8, 4) is 11.8 Å². The van der Waals surface area contributed by atoms with Gasteiger partial charge >= 0.3 is 0 Å². The first-order chi connectivity index (χ1) is 6.24. The second-order valence-electron chi connectivity index (χ2n) is 2.81. The molecule has 1 atom stereocenters. The zero-order chi connectivity index (χ0) is 9.68. The van der Waals surface area contributed by atoms with E-state index in [2.05, 4.69) is 0 Å². The van der Waals surface area contributed by atoms with Crippen LogP contribution in [0.4, 0.5) is 0 Å². The van der Waals surface area contributed by atoms with E-state index in [0.717, 1.165) is 5.56 Å². The molecule has 0 aromatic heterocycles. The average Bonchev–Trinajstić information content (AvgIpc) is 2.15. The summed E-state index contributed by atoms with van der Waals surface area (Å²) in [5.41, 5.74) is 6.70. The Balaban J connectivity index is 2.75. The summed E-state index contributed by atoms with van der Waals surface area (Å²) in [6, 6.07) is 9.36. The fourth-order valence-corrected chi connectivity index (χ4v) is 1.00. The highest BCUT2D eigenvalue weighted by atomic mass is 16.5. The van der Waals surface area contributed by atoms with Gasteiger partial charge in [0.1, 0.15) is 11.8 Å². The van der Waals surface area contributed by atoms with Gasteiger partial charge in [-0.25, -0.2) is 0 Å². The number of hydrogen-bond donors (Lipinski definition) is 1. The first-order valence-electron chi connectivity index (χ1n) is 4.09. The number of rotatable bonds is 3. The molecule has 0 heterocycles. The minimum atomic E-state index is -0.00867. The minimum absolute atomic E-state index is 0.00867. The normalized spacial score (nSPS) is 11.8. The first kappa shape index (κ1) is 9.56. The lowest BCUT2D eigenvalue weighted by Crippen LogP contribution is -2.05. The lowest BCUT2D eigenvalue weighted by Gasteiger charge is -2.07. The molecular weight excluding hydrogens is 164 g/mol. The number of benzene rings is 1. The molecule has 68 valence electrons. The zero-order valence-corrected chi connectivity index (χ0v) is 7.53. The summed E-state index contributed by atoms with van der Waals surface area (Å²) in [6.45, 7) is 1.98. The zero-order valence-electron chi connectivity index (χ0n) is 7.53. The van der Waals surface area contributed by atoms with Crippen LogP contribution in [0.2, 0.25) is 0 Å². The molecule has 0 aliphatic carbocycles. The molecule has 0 bridgehead atoms. The van der Waals surface area contributed by atoms with Crippen molar-refractivity contribution in [1.29, 1.82) is 5.26 Å². The Morgan fingerprint density at radius 3 is 3.00 bits per heavy atom. The van der Waals surface area contributed by atoms with Crippen molar-refractivity contribution >= 4 is 0 Å². The van der Waals surface area contributed by atoms with Gasteiger partial charge in [-0.2, -0.15) is 5.26 Å². The molecule has 1 aromatic rings. The van der Waals surface area contributed by atoms with Gasteiger partial charge in [-0.3, -0.25) is 0 Å². The van der Waals surface area contributed by atoms with Crippen LogP contribution in [-0.4, -0.2) is 6.61 Å². The van der Waals surface area contributed by atoms with E-state index in [4.69, 9.17) is 15.7 Å². The second-order valence-corrected chi connectivity index (χ2v) is 2.81. The van der Waals surface area contributed by atoms with E-state index in [1.165, 1.54) is 0 Å². The molecule has 1 aromatic carbocycles. The molecule has 0 fully saturated rings. The molecule has 1 unspecified atom stereocenters. The van der Waals surface area contributed by atoms with Gasteiger partial charge in [0.25, 0.3) is 0 Å². The van der Waals surface area contributed by atoms with E-state index in [1.54, 1.807) is 0 Å². The molecular formula is C10H12N2O. The van der Waals surface area contributed by atoms with E-state index in [9.17, 15) is 0 Å². The van der Waals surface area contributed by atoms with Crippen molar-refractivity contribution in [1.82, 2.24) is 0 Å². The van der Waals surface area contributed by atoms with Crippen LogP contribution in [0.1, 0.15) is 18.5 Å². The van der Waals surface area contributed by atoms with Crippen LogP contribution in [0.3, 0.4) is 0 Å². The number of hydrogen-bond acceptors (Lipinski definition) is 3. The molecule has 0 saturated carbocycles. The SMILES string of the molecule is CC(N)c1cccc(OCC#N)c1. The lowest BCUT2D eigenvalue weighted by molar-refractivity contribution is 0.367. The topological polar surface area (TPSA) is 59.0 Å². The van der Waals surface area contributed by atoms with Crippen LogP contribution < -0.4 is 10.5 Å². The monoisotopic (exact) mass is 176 g/mol. The number of nitriles is 1. The van der Waals surface area contributed by atoms with Crippen LogP contribution in [0.5, 0.6) is 5.75 Å². The Labute approximate surface area is 77.7 Å². The van der Waals surface area contributed by atoms with Crippen molar-refractivity contribution < 1.29 is 4.74 Å². The van der Waals surface area contributed by atoms with Gasteiger partial charge in [0.15, 0.2) is 6.61 Å². The van der Waals surface area contributed by atoms with E-state index < -0.39 is 0 Å². The van der Waals surface area contributed by atoms with Gasteiger partial charge in [0.2, 0.25) is 0 Å². The van der Waals surface area contributed by atoms with Gasteiger partial charge in [-0.15, -0.1) is 0 Å². The van der Waals surface area contributed by atoms with Crippen LogP contribution in [-0.2, 0) is 0 Å². The van der Waals surface area contributed by atoms with Gasteiger partial charge in [0, 0.05) is 6.04 Å². The van der Waals surface area contributed by atoms with Crippen molar-refractivity contribution in [2.45, 2.75) is 13.0 Å². The molecule has 0 amide bonds. The maximum absolute atomic E-state index is 8.31. The van der Waals surface area contributed by atoms with Crippen LogP contribution >= 0.6 is 0 Å². The molecule has 0 radical (unpaired) electrons. The smallest absolute Gasteiger partial charge is 0.174 e. The Morgan fingerprint density at radius 1 is 1.62 bits per heavy atom. The Kier molecular flexibility index (Phi) is 3.30. The Hall–Kier alpha value is -1.53. The molecule has 1 rings (SSSR count). The standard InChI is InChI=1S/C10H12N2O/c1-8(12)9-3-2-4-10(7-9)13-6-5-11/h2-4,7-8H,6,12H2,1H3. The fourth-order valence-electron chi connectivity index (χ4n) is 1.00. The molecule has 3 heteroatoms. The Bertz CT molecular complexity index is 315. The summed E-state index contributed by atoms with van der Waals surface area (Å²) < 4.78 is 5.13. The molecule has 2 N–H and O–H groups in total. The molecule has 13 heavy (non-hydrogen) atoms. The highest BCUT2D eigenvalue weighted by Gasteiger charge is 2.00. The van der Waals surface area contributed by atoms with Crippen LogP contribution in [0, 0.1) is 11.3 Å². The van der Waals surface area contributed by atoms with Crippen molar-refractivity contribution in [2.24, 2.45) is 5.73 Å². The van der Waals surface area contributed by atoms with Gasteiger partial charge in [0.05, 0.1) is 0 Å². The van der Waals surface area contributed by atoms with Crippen molar-refractivity contribution in [3.63, 3.8) is 0 Å². The lowest BCUT2D eigenvalue weighted by atomic mass is 10.1. The summed E-state index contributed by atoms with van der Waals surface area (Å²) in [4.78, 5) is 0. The quantitative estimate of drug-likeness (QED) is 0.761. The minimum Gasteiger partial charge on any atom is -0.479 e. The predicted molar refractivity (Wildman–Crippen MR) is 50.2 cm³/mol. The van der Waals surface area contributed by atoms with E-state index >= 15 is 0 Å². The largest absolute Gasteiger partial charge is 0.479 e. The highest BCUT2D eigenvalue weighted by molar-refractivity contribution is 5.30. The first-order valence-corrected chi connectivity index (χ1v) is 4.09. The summed E-state index contributed by atoms with van der Waals surface area (Å²) in [6.07, 6.45) is 0. The van der Waals surface area contributed by atoms with E-state index in [-0.39, 0.29) is 12.6 Å². The molecule has 0 spiro atoms. The third-order valence-corrected chi connectivity index (χ3v) is 1.69.